The van der Waals surface area contributed by atoms with E-state index in [1.165, 1.54) is 0 Å². The van der Waals surface area contributed by atoms with Crippen molar-refractivity contribution in [3.05, 3.63) is 35.9 Å². The maximum absolute atomic E-state index is 11.1. The van der Waals surface area contributed by atoms with E-state index in [2.05, 4.69) is 0 Å². The molecule has 1 aromatic carbocycles. The van der Waals surface area contributed by atoms with E-state index in [4.69, 9.17) is 5.73 Å². The average Bonchev–Trinajstić information content (AvgIpc) is 2.17. The number of rotatable bonds is 5. The third-order valence-corrected chi connectivity index (χ3v) is 3.37. The van der Waals surface area contributed by atoms with Crippen LogP contribution < -0.4 is 5.73 Å². The van der Waals surface area contributed by atoms with Crippen molar-refractivity contribution in [2.45, 2.75) is 12.0 Å². The second-order valence-electron chi connectivity index (χ2n) is 3.91. The van der Waals surface area contributed by atoms with Gasteiger partial charge in [0, 0.05) is 18.7 Å². The fourth-order valence-electron chi connectivity index (χ4n) is 1.64. The molecule has 0 amide bonds. The lowest BCUT2D eigenvalue weighted by Crippen LogP contribution is -2.31. The van der Waals surface area contributed by atoms with E-state index in [-0.39, 0.29) is 18.2 Å². The maximum atomic E-state index is 11.1. The van der Waals surface area contributed by atoms with Gasteiger partial charge >= 0.3 is 0 Å². The number of benzene rings is 1. The highest BCUT2D eigenvalue weighted by Crippen LogP contribution is 2.19. The normalized spacial score (nSPS) is 15.7. The molecule has 0 bridgehead atoms. The smallest absolute Gasteiger partial charge is 0.150 e. The SMILES string of the molecule is CS(=O)(=O)CC(O)C(CN)c1ccccc1. The fourth-order valence-corrected chi connectivity index (χ4v) is 2.49. The zero-order valence-electron chi connectivity index (χ0n) is 9.20. The van der Waals surface area contributed by atoms with Gasteiger partial charge in [-0.3, -0.25) is 0 Å². The highest BCUT2D eigenvalue weighted by atomic mass is 32.2. The Bertz CT molecular complexity index is 416. The molecule has 0 radical (unpaired) electrons. The number of nitrogens with two attached hydrogens (primary N) is 1. The Morgan fingerprint density at radius 2 is 1.88 bits per heavy atom. The standard InChI is InChI=1S/C11H17NO3S/c1-16(14,15)8-11(13)10(7-12)9-5-3-2-4-6-9/h2-6,10-11,13H,7-8,12H2,1H3. The summed E-state index contributed by atoms with van der Waals surface area (Å²) in [5.74, 6) is -0.597. The van der Waals surface area contributed by atoms with Crippen LogP contribution in [-0.4, -0.2) is 38.2 Å². The van der Waals surface area contributed by atoms with Crippen molar-refractivity contribution in [2.75, 3.05) is 18.6 Å². The molecule has 1 rings (SSSR count). The lowest BCUT2D eigenvalue weighted by atomic mass is 9.94. The van der Waals surface area contributed by atoms with Crippen LogP contribution in [0.2, 0.25) is 0 Å². The molecule has 0 aromatic heterocycles. The Morgan fingerprint density at radius 3 is 2.31 bits per heavy atom. The topological polar surface area (TPSA) is 80.4 Å². The zero-order valence-corrected chi connectivity index (χ0v) is 10.0. The summed E-state index contributed by atoms with van der Waals surface area (Å²) in [4.78, 5) is 0. The summed E-state index contributed by atoms with van der Waals surface area (Å²) >= 11 is 0. The number of aliphatic hydroxyl groups excluding tert-OH is 1. The summed E-state index contributed by atoms with van der Waals surface area (Å²) < 4.78 is 22.2. The van der Waals surface area contributed by atoms with Crippen molar-refractivity contribution in [1.29, 1.82) is 0 Å². The predicted molar refractivity (Wildman–Crippen MR) is 64.0 cm³/mol. The first-order valence-corrected chi connectivity index (χ1v) is 7.11. The predicted octanol–water partition coefficient (Wildman–Crippen LogP) is 0.134. The number of hydrogen-bond acceptors (Lipinski definition) is 4. The van der Waals surface area contributed by atoms with Crippen LogP contribution in [0.4, 0.5) is 0 Å². The van der Waals surface area contributed by atoms with Crippen molar-refractivity contribution in [2.24, 2.45) is 5.73 Å². The van der Waals surface area contributed by atoms with Gasteiger partial charge in [0.1, 0.15) is 9.84 Å². The molecular formula is C11H17NO3S. The summed E-state index contributed by atoms with van der Waals surface area (Å²) in [6, 6.07) is 9.21. The molecule has 0 heterocycles. The summed E-state index contributed by atoms with van der Waals surface area (Å²) in [5.41, 5.74) is 6.43. The molecule has 5 heteroatoms. The molecular weight excluding hydrogens is 226 g/mol. The van der Waals surface area contributed by atoms with Crippen LogP contribution in [0.25, 0.3) is 0 Å². The second-order valence-corrected chi connectivity index (χ2v) is 6.10. The molecule has 0 saturated heterocycles. The van der Waals surface area contributed by atoms with Crippen LogP contribution in [0, 0.1) is 0 Å². The van der Waals surface area contributed by atoms with E-state index in [9.17, 15) is 13.5 Å². The van der Waals surface area contributed by atoms with Crippen LogP contribution in [0.5, 0.6) is 0 Å². The molecule has 16 heavy (non-hydrogen) atoms. The Kier molecular flexibility index (Phi) is 4.46. The molecule has 90 valence electrons. The summed E-state index contributed by atoms with van der Waals surface area (Å²) in [7, 11) is -3.19. The lowest BCUT2D eigenvalue weighted by molar-refractivity contribution is 0.167. The van der Waals surface area contributed by atoms with Gasteiger partial charge in [0.25, 0.3) is 0 Å². The number of sulfone groups is 1. The zero-order chi connectivity index (χ0) is 12.2. The molecule has 0 aliphatic heterocycles. The van der Waals surface area contributed by atoms with Crippen LogP contribution in [-0.2, 0) is 9.84 Å². The molecule has 0 fully saturated rings. The molecule has 0 saturated carbocycles. The lowest BCUT2D eigenvalue weighted by Gasteiger charge is -2.21. The van der Waals surface area contributed by atoms with Crippen LogP contribution in [0.3, 0.4) is 0 Å². The van der Waals surface area contributed by atoms with Gasteiger partial charge in [-0.05, 0) is 5.56 Å². The van der Waals surface area contributed by atoms with Gasteiger partial charge in [0.2, 0.25) is 0 Å². The van der Waals surface area contributed by atoms with Gasteiger partial charge in [0.05, 0.1) is 11.9 Å². The van der Waals surface area contributed by atoms with Crippen LogP contribution in [0.1, 0.15) is 11.5 Å². The third-order valence-electron chi connectivity index (χ3n) is 2.42. The first kappa shape index (κ1) is 13.2. The first-order chi connectivity index (χ1) is 7.44. The molecule has 4 nitrogen and oxygen atoms in total. The molecule has 2 atom stereocenters. The minimum Gasteiger partial charge on any atom is -0.391 e. The quantitative estimate of drug-likeness (QED) is 0.770. The van der Waals surface area contributed by atoms with E-state index in [1.807, 2.05) is 30.3 Å². The fraction of sp³-hybridized carbons (Fsp3) is 0.455. The van der Waals surface area contributed by atoms with Crippen molar-refractivity contribution in [3.8, 4) is 0 Å². The van der Waals surface area contributed by atoms with Crippen LogP contribution in [0.15, 0.2) is 30.3 Å². The molecule has 1 aromatic rings. The number of hydrogen-bond donors (Lipinski definition) is 2. The van der Waals surface area contributed by atoms with Crippen molar-refractivity contribution in [3.63, 3.8) is 0 Å². The largest absolute Gasteiger partial charge is 0.391 e. The van der Waals surface area contributed by atoms with E-state index in [1.54, 1.807) is 0 Å². The van der Waals surface area contributed by atoms with Crippen LogP contribution >= 0.6 is 0 Å². The Morgan fingerprint density at radius 1 is 1.31 bits per heavy atom. The van der Waals surface area contributed by atoms with Gasteiger partial charge < -0.3 is 10.8 Å². The highest BCUT2D eigenvalue weighted by Gasteiger charge is 2.23. The van der Waals surface area contributed by atoms with Gasteiger partial charge in [-0.25, -0.2) is 8.42 Å². The van der Waals surface area contributed by atoms with Gasteiger partial charge in [-0.15, -0.1) is 0 Å². The Labute approximate surface area is 96.0 Å². The van der Waals surface area contributed by atoms with Gasteiger partial charge in [-0.1, -0.05) is 30.3 Å². The van der Waals surface area contributed by atoms with Gasteiger partial charge in [-0.2, -0.15) is 0 Å². The van der Waals surface area contributed by atoms with E-state index < -0.39 is 15.9 Å². The summed E-state index contributed by atoms with van der Waals surface area (Å²) in [5, 5.41) is 9.84. The molecule has 0 aliphatic carbocycles. The molecule has 0 spiro atoms. The minimum absolute atomic E-state index is 0.223. The third kappa shape index (κ3) is 3.92. The maximum Gasteiger partial charge on any atom is 0.150 e. The molecule has 0 aliphatic rings. The first-order valence-electron chi connectivity index (χ1n) is 5.05. The average molecular weight is 243 g/mol. The Balaban J connectivity index is 2.83. The second kappa shape index (κ2) is 5.43. The van der Waals surface area contributed by atoms with Gasteiger partial charge in [0.15, 0.2) is 0 Å². The van der Waals surface area contributed by atoms with Crippen molar-refractivity contribution in [1.82, 2.24) is 0 Å². The summed E-state index contributed by atoms with van der Waals surface area (Å²) in [6.45, 7) is 0.223. The van der Waals surface area contributed by atoms with E-state index >= 15 is 0 Å². The van der Waals surface area contributed by atoms with E-state index in [0.29, 0.717) is 0 Å². The number of aliphatic hydroxyl groups is 1. The Hall–Kier alpha value is -0.910. The summed E-state index contributed by atoms with van der Waals surface area (Å²) in [6.07, 6.45) is 0.150. The molecule has 2 unspecified atom stereocenters. The minimum atomic E-state index is -3.19. The highest BCUT2D eigenvalue weighted by molar-refractivity contribution is 7.90. The monoisotopic (exact) mass is 243 g/mol. The van der Waals surface area contributed by atoms with Crippen molar-refractivity contribution >= 4 is 9.84 Å². The van der Waals surface area contributed by atoms with Crippen molar-refractivity contribution < 1.29 is 13.5 Å². The van der Waals surface area contributed by atoms with E-state index in [0.717, 1.165) is 11.8 Å². The molecule has 3 N–H and O–H groups in total.